The van der Waals surface area contributed by atoms with Crippen molar-refractivity contribution < 1.29 is 4.79 Å². The molecule has 0 radical (unpaired) electrons. The maximum absolute atomic E-state index is 12.4. The summed E-state index contributed by atoms with van der Waals surface area (Å²) >= 11 is 0. The lowest BCUT2D eigenvalue weighted by molar-refractivity contribution is 0.0926. The molecule has 1 aliphatic heterocycles. The zero-order valence-electron chi connectivity index (χ0n) is 12.4. The fourth-order valence-electron chi connectivity index (χ4n) is 3.73. The molecule has 2 aliphatic rings. The first kappa shape index (κ1) is 13.5. The number of amides is 1. The van der Waals surface area contributed by atoms with Gasteiger partial charge in [0.05, 0.1) is 0 Å². The maximum Gasteiger partial charge on any atom is 0.251 e. The van der Waals surface area contributed by atoms with Gasteiger partial charge in [-0.2, -0.15) is 0 Å². The van der Waals surface area contributed by atoms with Crippen LogP contribution in [0.3, 0.4) is 0 Å². The van der Waals surface area contributed by atoms with Crippen molar-refractivity contribution in [3.8, 4) is 0 Å². The van der Waals surface area contributed by atoms with Crippen LogP contribution in [0.4, 0.5) is 5.69 Å². The van der Waals surface area contributed by atoms with E-state index in [0.717, 1.165) is 30.9 Å². The van der Waals surface area contributed by atoms with Crippen molar-refractivity contribution in [2.45, 2.75) is 45.6 Å². The predicted octanol–water partition coefficient (Wildman–Crippen LogP) is 3.21. The summed E-state index contributed by atoms with van der Waals surface area (Å²) < 4.78 is 0. The molecule has 20 heavy (non-hydrogen) atoms. The van der Waals surface area contributed by atoms with E-state index in [1.54, 1.807) is 0 Å². The van der Waals surface area contributed by atoms with Gasteiger partial charge in [0.25, 0.3) is 5.91 Å². The second-order valence-electron chi connectivity index (χ2n) is 6.23. The van der Waals surface area contributed by atoms with E-state index in [0.29, 0.717) is 12.0 Å². The van der Waals surface area contributed by atoms with E-state index in [2.05, 4.69) is 24.5 Å². The van der Waals surface area contributed by atoms with Crippen LogP contribution < -0.4 is 10.6 Å². The number of hydrogen-bond acceptors (Lipinski definition) is 2. The van der Waals surface area contributed by atoms with E-state index in [1.807, 2.05) is 18.2 Å². The van der Waals surface area contributed by atoms with E-state index in [1.165, 1.54) is 24.1 Å². The van der Waals surface area contributed by atoms with Crippen LogP contribution in [0.2, 0.25) is 0 Å². The van der Waals surface area contributed by atoms with Gasteiger partial charge in [-0.3, -0.25) is 4.79 Å². The second-order valence-corrected chi connectivity index (χ2v) is 6.23. The van der Waals surface area contributed by atoms with Crippen molar-refractivity contribution >= 4 is 11.6 Å². The summed E-state index contributed by atoms with van der Waals surface area (Å²) in [6.07, 6.45) is 4.61. The van der Waals surface area contributed by atoms with Gasteiger partial charge in [0.1, 0.15) is 0 Å². The molecular weight excluding hydrogens is 248 g/mol. The summed E-state index contributed by atoms with van der Waals surface area (Å²) in [7, 11) is 0. The predicted molar refractivity (Wildman–Crippen MR) is 82.1 cm³/mol. The van der Waals surface area contributed by atoms with E-state index in [9.17, 15) is 4.79 Å². The lowest BCUT2D eigenvalue weighted by Crippen LogP contribution is -2.37. The lowest BCUT2D eigenvalue weighted by Gasteiger charge is -2.21. The fourth-order valence-corrected chi connectivity index (χ4v) is 3.73. The monoisotopic (exact) mass is 272 g/mol. The Morgan fingerprint density at radius 1 is 1.40 bits per heavy atom. The van der Waals surface area contributed by atoms with Gasteiger partial charge in [-0.1, -0.05) is 20.3 Å². The SMILES string of the molecule is CCC1CCC(NC(=O)c2ccc3c(c2)CCN3)C1C. The summed E-state index contributed by atoms with van der Waals surface area (Å²) in [6, 6.07) is 6.36. The van der Waals surface area contributed by atoms with Crippen LogP contribution in [-0.2, 0) is 6.42 Å². The van der Waals surface area contributed by atoms with Crippen LogP contribution in [0.1, 0.15) is 49.0 Å². The number of hydrogen-bond donors (Lipinski definition) is 2. The van der Waals surface area contributed by atoms with E-state index >= 15 is 0 Å². The molecule has 0 bridgehead atoms. The molecule has 3 nitrogen and oxygen atoms in total. The van der Waals surface area contributed by atoms with Crippen molar-refractivity contribution in [1.29, 1.82) is 0 Å². The summed E-state index contributed by atoms with van der Waals surface area (Å²) in [4.78, 5) is 12.4. The molecule has 1 aromatic rings. The van der Waals surface area contributed by atoms with Gasteiger partial charge in [0, 0.05) is 23.8 Å². The maximum atomic E-state index is 12.4. The zero-order chi connectivity index (χ0) is 14.1. The highest BCUT2D eigenvalue weighted by Gasteiger charge is 2.32. The fraction of sp³-hybridized carbons (Fsp3) is 0.588. The lowest BCUT2D eigenvalue weighted by atomic mass is 9.93. The van der Waals surface area contributed by atoms with Crippen LogP contribution in [0.15, 0.2) is 18.2 Å². The highest BCUT2D eigenvalue weighted by atomic mass is 16.1. The molecule has 0 saturated heterocycles. The molecule has 3 unspecified atom stereocenters. The molecule has 0 aromatic heterocycles. The van der Waals surface area contributed by atoms with Crippen molar-refractivity contribution in [3.63, 3.8) is 0 Å². The minimum Gasteiger partial charge on any atom is -0.384 e. The minimum absolute atomic E-state index is 0.0910. The number of carbonyl (C=O) groups is 1. The smallest absolute Gasteiger partial charge is 0.251 e. The molecule has 108 valence electrons. The molecule has 1 aliphatic carbocycles. The van der Waals surface area contributed by atoms with E-state index < -0.39 is 0 Å². The first-order chi connectivity index (χ1) is 9.69. The van der Waals surface area contributed by atoms with Gasteiger partial charge in [0.15, 0.2) is 0 Å². The molecule has 1 fully saturated rings. The van der Waals surface area contributed by atoms with Gasteiger partial charge in [0.2, 0.25) is 0 Å². The van der Waals surface area contributed by atoms with Gasteiger partial charge in [-0.15, -0.1) is 0 Å². The standard InChI is InChI=1S/C17H24N2O/c1-3-12-4-6-15(11(12)2)19-17(20)14-5-7-16-13(10-14)8-9-18-16/h5,7,10-12,15,18H,3-4,6,8-9H2,1-2H3,(H,19,20). The summed E-state index contributed by atoms with van der Waals surface area (Å²) in [5.41, 5.74) is 3.25. The third kappa shape index (κ3) is 2.41. The van der Waals surface area contributed by atoms with E-state index in [4.69, 9.17) is 0 Å². The quantitative estimate of drug-likeness (QED) is 0.887. The Labute approximate surface area is 121 Å². The zero-order valence-corrected chi connectivity index (χ0v) is 12.4. The van der Waals surface area contributed by atoms with Crippen molar-refractivity contribution in [2.75, 3.05) is 11.9 Å². The van der Waals surface area contributed by atoms with Gasteiger partial charge >= 0.3 is 0 Å². The Kier molecular flexibility index (Phi) is 3.68. The van der Waals surface area contributed by atoms with Crippen LogP contribution in [0, 0.1) is 11.8 Å². The summed E-state index contributed by atoms with van der Waals surface area (Å²) in [5, 5.41) is 6.57. The molecule has 1 aromatic carbocycles. The minimum atomic E-state index is 0.0910. The average molecular weight is 272 g/mol. The molecule has 0 spiro atoms. The van der Waals surface area contributed by atoms with Crippen LogP contribution in [-0.4, -0.2) is 18.5 Å². The highest BCUT2D eigenvalue weighted by molar-refractivity contribution is 5.95. The number of anilines is 1. The Morgan fingerprint density at radius 2 is 2.25 bits per heavy atom. The Bertz CT molecular complexity index is 512. The summed E-state index contributed by atoms with van der Waals surface area (Å²) in [5.74, 6) is 1.46. The normalized spacial score (nSPS) is 28.0. The number of benzene rings is 1. The number of carbonyl (C=O) groups excluding carboxylic acids is 1. The molecule has 1 amide bonds. The molecular formula is C17H24N2O. The molecule has 3 atom stereocenters. The number of nitrogens with one attached hydrogen (secondary N) is 2. The number of rotatable bonds is 3. The van der Waals surface area contributed by atoms with Crippen molar-refractivity contribution in [2.24, 2.45) is 11.8 Å². The highest BCUT2D eigenvalue weighted by Crippen LogP contribution is 2.34. The largest absolute Gasteiger partial charge is 0.384 e. The molecule has 3 heteroatoms. The first-order valence-electron chi connectivity index (χ1n) is 7.86. The average Bonchev–Trinajstić information content (AvgIpc) is 3.05. The van der Waals surface area contributed by atoms with Crippen molar-refractivity contribution in [1.82, 2.24) is 5.32 Å². The molecule has 1 heterocycles. The van der Waals surface area contributed by atoms with Gasteiger partial charge in [-0.25, -0.2) is 0 Å². The molecule has 3 rings (SSSR count). The van der Waals surface area contributed by atoms with Crippen LogP contribution in [0.5, 0.6) is 0 Å². The third-order valence-corrected chi connectivity index (χ3v) is 5.14. The topological polar surface area (TPSA) is 41.1 Å². The number of fused-ring (bicyclic) bond motifs is 1. The Hall–Kier alpha value is -1.51. The van der Waals surface area contributed by atoms with Gasteiger partial charge in [-0.05, 0) is 54.9 Å². The second kappa shape index (κ2) is 5.47. The van der Waals surface area contributed by atoms with E-state index in [-0.39, 0.29) is 5.91 Å². The Morgan fingerprint density at radius 3 is 3.00 bits per heavy atom. The van der Waals surface area contributed by atoms with Crippen molar-refractivity contribution in [3.05, 3.63) is 29.3 Å². The Balaban J connectivity index is 1.68. The molecule has 1 saturated carbocycles. The van der Waals surface area contributed by atoms with Crippen LogP contribution >= 0.6 is 0 Å². The third-order valence-electron chi connectivity index (χ3n) is 5.14. The van der Waals surface area contributed by atoms with Crippen LogP contribution in [0.25, 0.3) is 0 Å². The molecule has 2 N–H and O–H groups in total. The van der Waals surface area contributed by atoms with Gasteiger partial charge < -0.3 is 10.6 Å². The summed E-state index contributed by atoms with van der Waals surface area (Å²) in [6.45, 7) is 5.51. The first-order valence-corrected chi connectivity index (χ1v) is 7.86.